The molecule has 0 amide bonds. The molecule has 0 N–H and O–H groups in total. The van der Waals surface area contributed by atoms with Crippen molar-refractivity contribution in [3.05, 3.63) is 0 Å². The molecular weight excluding hydrogens is 351 g/mol. The van der Waals surface area contributed by atoms with Crippen molar-refractivity contribution in [3.8, 4) is 0 Å². The van der Waals surface area contributed by atoms with Gasteiger partial charge >= 0.3 is 16.5 Å². The number of ether oxygens (including phenoxy) is 2. The normalized spacial score (nSPS) is 14.2. The molecule has 0 saturated heterocycles. The Morgan fingerprint density at radius 3 is 2.33 bits per heavy atom. The molecule has 4 heteroatoms. The summed E-state index contributed by atoms with van der Waals surface area (Å²) in [5.74, 6) is 0.858. The summed E-state index contributed by atoms with van der Waals surface area (Å²) in [5, 5.41) is 0. The summed E-state index contributed by atoms with van der Waals surface area (Å²) in [4.78, 5) is 0. The third kappa shape index (κ3) is 13.8. The Kier molecular flexibility index (Phi) is 16.0. The summed E-state index contributed by atoms with van der Waals surface area (Å²) in [7, 11) is 0. The fourth-order valence-electron chi connectivity index (χ4n) is 2.03. The summed E-state index contributed by atoms with van der Waals surface area (Å²) in [6, 6.07) is 0. The molecule has 18 heavy (non-hydrogen) atoms. The fourth-order valence-corrected chi connectivity index (χ4v) is 3.81. The highest BCUT2D eigenvalue weighted by Crippen LogP contribution is 2.21. The van der Waals surface area contributed by atoms with Gasteiger partial charge in [-0.25, -0.2) is 0 Å². The Labute approximate surface area is 133 Å². The van der Waals surface area contributed by atoms with E-state index in [0.717, 1.165) is 29.6 Å². The van der Waals surface area contributed by atoms with Crippen LogP contribution in [0.1, 0.15) is 59.3 Å². The van der Waals surface area contributed by atoms with Crippen LogP contribution in [0.25, 0.3) is 0 Å². The first-order valence-electron chi connectivity index (χ1n) is 7.42. The van der Waals surface area contributed by atoms with Crippen molar-refractivity contribution in [2.45, 2.75) is 63.3 Å². The van der Waals surface area contributed by atoms with Crippen LogP contribution in [0, 0.1) is 5.92 Å². The third-order valence-electron chi connectivity index (χ3n) is 3.11. The highest BCUT2D eigenvalue weighted by atomic mass is 127. The van der Waals surface area contributed by atoms with E-state index in [-0.39, 0.29) is 16.5 Å². The number of rotatable bonds is 13. The van der Waals surface area contributed by atoms with Gasteiger partial charge in [0.1, 0.15) is 6.79 Å². The molecule has 0 bridgehead atoms. The first kappa shape index (κ1) is 19.4. The highest BCUT2D eigenvalue weighted by Gasteiger charge is 2.09. The maximum atomic E-state index is 5.48. The van der Waals surface area contributed by atoms with E-state index in [1.54, 1.807) is 0 Å². The predicted molar refractivity (Wildman–Crippen MR) is 88.5 cm³/mol. The molecule has 0 heterocycles. The van der Waals surface area contributed by atoms with Crippen molar-refractivity contribution in [2.75, 3.05) is 20.0 Å². The Morgan fingerprint density at radius 1 is 1.06 bits per heavy atom. The zero-order chi connectivity index (χ0) is 13.6. The molecule has 0 aromatic carbocycles. The molecule has 0 aliphatic heterocycles. The minimum atomic E-state index is 0.167. The fraction of sp³-hybridized carbons (Fsp3) is 1.00. The predicted octanol–water partition coefficient (Wildman–Crippen LogP) is 4.84. The second-order valence-electron chi connectivity index (χ2n) is 5.38. The highest BCUT2D eigenvalue weighted by molar-refractivity contribution is 14.1. The number of hydrogen-bond donors (Lipinski definition) is 0. The quantitative estimate of drug-likeness (QED) is 0.197. The number of hydrogen-bond acceptors (Lipinski definition) is 2. The molecule has 2 nitrogen and oxygen atoms in total. The van der Waals surface area contributed by atoms with Gasteiger partial charge in [-0.1, -0.05) is 40.0 Å². The van der Waals surface area contributed by atoms with Gasteiger partial charge in [0.25, 0.3) is 0 Å². The average Bonchev–Trinajstić information content (AvgIpc) is 2.36. The molecule has 0 saturated carbocycles. The van der Waals surface area contributed by atoms with Crippen molar-refractivity contribution < 1.29 is 9.47 Å². The third-order valence-corrected chi connectivity index (χ3v) is 8.48. The van der Waals surface area contributed by atoms with Crippen LogP contribution < -0.4 is 0 Å². The lowest BCUT2D eigenvalue weighted by molar-refractivity contribution is -0.0560. The van der Waals surface area contributed by atoms with Crippen molar-refractivity contribution in [2.24, 2.45) is 5.92 Å². The van der Waals surface area contributed by atoms with E-state index >= 15 is 0 Å². The van der Waals surface area contributed by atoms with Crippen LogP contribution in [0.3, 0.4) is 0 Å². The smallest absolute Gasteiger partial charge is 0.355 e. The summed E-state index contributed by atoms with van der Waals surface area (Å²) < 4.78 is 11.9. The van der Waals surface area contributed by atoms with Crippen LogP contribution >= 0.6 is 18.9 Å². The topological polar surface area (TPSA) is 18.5 Å². The molecule has 0 rings (SSSR count). The molecule has 0 aliphatic carbocycles. The molecule has 0 aromatic rings. The lowest BCUT2D eigenvalue weighted by Crippen LogP contribution is -2.06. The van der Waals surface area contributed by atoms with Crippen LogP contribution in [0.2, 0.25) is 4.05 Å². The van der Waals surface area contributed by atoms with E-state index in [4.69, 9.17) is 9.47 Å². The SMILES string of the molecule is CCCCCOCOCCCC(C)C[CH](C)[Mg][I]. The number of halogens is 1. The Hall–Kier alpha value is 1.42. The molecule has 0 spiro atoms. The molecule has 106 valence electrons. The summed E-state index contributed by atoms with van der Waals surface area (Å²) >= 11 is 2.78. The van der Waals surface area contributed by atoms with E-state index in [1.165, 1.54) is 32.1 Å². The van der Waals surface area contributed by atoms with Gasteiger partial charge < -0.3 is 28.3 Å². The van der Waals surface area contributed by atoms with Gasteiger partial charge in [-0.05, 0) is 25.2 Å². The van der Waals surface area contributed by atoms with Gasteiger partial charge in [0.2, 0.25) is 0 Å². The van der Waals surface area contributed by atoms with Gasteiger partial charge in [-0.15, -0.1) is 4.05 Å². The Morgan fingerprint density at radius 2 is 1.72 bits per heavy atom. The summed E-state index contributed by atoms with van der Waals surface area (Å²) in [5.41, 5.74) is 0. The summed E-state index contributed by atoms with van der Waals surface area (Å²) in [6.07, 6.45) is 7.55. The Bertz CT molecular complexity index is 170. The lowest BCUT2D eigenvalue weighted by atomic mass is 10.0. The Balaban J connectivity index is 3.15. The average molecular weight is 381 g/mol. The van der Waals surface area contributed by atoms with Crippen LogP contribution in [0.15, 0.2) is 0 Å². The minimum Gasteiger partial charge on any atom is -0.355 e. The van der Waals surface area contributed by atoms with Crippen molar-refractivity contribution in [1.82, 2.24) is 0 Å². The molecule has 2 unspecified atom stereocenters. The first-order chi connectivity index (χ1) is 8.70. The van der Waals surface area contributed by atoms with Gasteiger partial charge in [-0.2, -0.15) is 0 Å². The molecule has 0 aromatic heterocycles. The zero-order valence-electron chi connectivity index (χ0n) is 12.4. The van der Waals surface area contributed by atoms with E-state index in [9.17, 15) is 0 Å². The van der Waals surface area contributed by atoms with Gasteiger partial charge in [0.15, 0.2) is 0 Å². The second kappa shape index (κ2) is 14.8. The maximum Gasteiger partial charge on any atom is 0.466 e. The van der Waals surface area contributed by atoms with Crippen LogP contribution in [-0.2, 0) is 9.47 Å². The molecular formula is C14H29IMgO2. The molecule has 0 radical (unpaired) electrons. The molecule has 0 fully saturated rings. The van der Waals surface area contributed by atoms with Crippen LogP contribution in [0.4, 0.5) is 0 Å². The maximum absolute atomic E-state index is 5.48. The number of unbranched alkanes of at least 4 members (excludes halogenated alkanes) is 2. The van der Waals surface area contributed by atoms with E-state index in [2.05, 4.69) is 39.6 Å². The standard InChI is InChI=1S/C14H29O2.HI.Mg/c1-4-6-7-11-15-13-16-12-8-10-14(3)9-5-2;;/h5,14H,4,6-13H2,1-3H3;1H;/q;;+1/p-1. The second-order valence-corrected chi connectivity index (χ2v) is 9.73. The van der Waals surface area contributed by atoms with Crippen LogP contribution in [0.5, 0.6) is 0 Å². The van der Waals surface area contributed by atoms with Gasteiger partial charge in [0, 0.05) is 13.2 Å². The van der Waals surface area contributed by atoms with Crippen molar-refractivity contribution >= 4 is 35.3 Å². The lowest BCUT2D eigenvalue weighted by Gasteiger charge is -2.15. The van der Waals surface area contributed by atoms with E-state index in [1.807, 2.05) is 0 Å². The minimum absolute atomic E-state index is 0.167. The summed E-state index contributed by atoms with van der Waals surface area (Å²) in [6.45, 7) is 9.17. The monoisotopic (exact) mass is 380 g/mol. The van der Waals surface area contributed by atoms with E-state index in [0.29, 0.717) is 6.79 Å². The first-order valence-corrected chi connectivity index (χ1v) is 13.3. The van der Waals surface area contributed by atoms with Crippen molar-refractivity contribution in [3.63, 3.8) is 0 Å². The zero-order valence-corrected chi connectivity index (χ0v) is 16.0. The molecule has 2 atom stereocenters. The van der Waals surface area contributed by atoms with Crippen molar-refractivity contribution in [1.29, 1.82) is 0 Å². The van der Waals surface area contributed by atoms with Gasteiger partial charge in [-0.3, -0.25) is 0 Å². The van der Waals surface area contributed by atoms with E-state index < -0.39 is 0 Å². The largest absolute Gasteiger partial charge is 0.466 e. The molecule has 0 aliphatic rings. The van der Waals surface area contributed by atoms with Crippen LogP contribution in [-0.4, -0.2) is 36.5 Å². The van der Waals surface area contributed by atoms with Gasteiger partial charge in [0.05, 0.1) is 0 Å².